The Kier molecular flexibility index (Phi) is 9.76. The standard InChI is InChI=1S/C29H25F11N2O2/c1-16(2)41-23(26(44,28(35,36)37)29(38,39)40)24(43)42-25(15-17-6-4-3-5-7-17,18-8-10-21(30)11-9-18)19-12-20(27(32,33)34)14-22(31)13-19/h3-14,16,23,41,44H,15H2,1-2H3,(H,42,43). The monoisotopic (exact) mass is 642 g/mol. The maximum absolute atomic E-state index is 14.8. The Morgan fingerprint density at radius 2 is 1.25 bits per heavy atom. The van der Waals surface area contributed by atoms with Gasteiger partial charge in [0.05, 0.1) is 11.1 Å². The molecule has 0 radical (unpaired) electrons. The van der Waals surface area contributed by atoms with Crippen LogP contribution in [0, 0.1) is 11.6 Å². The van der Waals surface area contributed by atoms with Crippen molar-refractivity contribution in [2.75, 3.05) is 0 Å². The molecule has 2 atom stereocenters. The Hall–Kier alpha value is -3.72. The zero-order chi connectivity index (χ0) is 33.3. The molecule has 0 heterocycles. The summed E-state index contributed by atoms with van der Waals surface area (Å²) in [5.41, 5.74) is -10.8. The Balaban J connectivity index is 2.41. The first kappa shape index (κ1) is 34.8. The van der Waals surface area contributed by atoms with Crippen molar-refractivity contribution in [3.05, 3.63) is 107 Å². The Morgan fingerprint density at radius 1 is 0.727 bits per heavy atom. The van der Waals surface area contributed by atoms with E-state index in [2.05, 4.69) is 0 Å². The number of rotatable bonds is 9. The number of alkyl halides is 9. The molecule has 0 fully saturated rings. The van der Waals surface area contributed by atoms with Gasteiger partial charge < -0.3 is 15.7 Å². The van der Waals surface area contributed by atoms with E-state index in [9.17, 15) is 58.2 Å². The number of amides is 1. The minimum Gasteiger partial charge on any atom is -0.372 e. The summed E-state index contributed by atoms with van der Waals surface area (Å²) in [7, 11) is 0. The van der Waals surface area contributed by atoms with Crippen LogP contribution in [0.5, 0.6) is 0 Å². The average molecular weight is 643 g/mol. The molecular weight excluding hydrogens is 617 g/mol. The molecule has 44 heavy (non-hydrogen) atoms. The fraction of sp³-hybridized carbons (Fsp3) is 0.345. The zero-order valence-corrected chi connectivity index (χ0v) is 22.8. The van der Waals surface area contributed by atoms with Crippen molar-refractivity contribution in [2.45, 2.75) is 62.0 Å². The van der Waals surface area contributed by atoms with Gasteiger partial charge in [0.15, 0.2) is 0 Å². The predicted molar refractivity (Wildman–Crippen MR) is 136 cm³/mol. The third kappa shape index (κ3) is 7.15. The lowest BCUT2D eigenvalue weighted by molar-refractivity contribution is -0.373. The van der Waals surface area contributed by atoms with Crippen LogP contribution in [0.25, 0.3) is 0 Å². The van der Waals surface area contributed by atoms with Crippen LogP contribution in [0.1, 0.15) is 36.1 Å². The molecule has 0 aliphatic heterocycles. The number of carbonyl (C=O) groups is 1. The van der Waals surface area contributed by atoms with E-state index in [1.807, 2.05) is 5.32 Å². The Labute approximate surface area is 243 Å². The first-order chi connectivity index (χ1) is 20.1. The topological polar surface area (TPSA) is 61.4 Å². The van der Waals surface area contributed by atoms with Gasteiger partial charge in [-0.2, -0.15) is 39.5 Å². The van der Waals surface area contributed by atoms with Crippen molar-refractivity contribution >= 4 is 5.91 Å². The van der Waals surface area contributed by atoms with Crippen LogP contribution in [0.15, 0.2) is 72.8 Å². The van der Waals surface area contributed by atoms with Gasteiger partial charge >= 0.3 is 18.5 Å². The minimum atomic E-state index is -6.49. The number of nitrogens with one attached hydrogen (secondary N) is 2. The summed E-state index contributed by atoms with van der Waals surface area (Å²) >= 11 is 0. The van der Waals surface area contributed by atoms with E-state index in [4.69, 9.17) is 0 Å². The molecular formula is C29H25F11N2O2. The van der Waals surface area contributed by atoms with Crippen LogP contribution in [0.4, 0.5) is 48.3 Å². The zero-order valence-electron chi connectivity index (χ0n) is 22.8. The molecule has 0 aromatic heterocycles. The van der Waals surface area contributed by atoms with Gasteiger partial charge in [-0.05, 0) is 47.0 Å². The number of hydrogen-bond acceptors (Lipinski definition) is 3. The Morgan fingerprint density at radius 3 is 1.73 bits per heavy atom. The van der Waals surface area contributed by atoms with Gasteiger partial charge in [-0.15, -0.1) is 0 Å². The lowest BCUT2D eigenvalue weighted by Crippen LogP contribution is -2.73. The average Bonchev–Trinajstić information content (AvgIpc) is 2.89. The lowest BCUT2D eigenvalue weighted by Gasteiger charge is -2.42. The third-order valence-corrected chi connectivity index (χ3v) is 6.75. The van der Waals surface area contributed by atoms with Crippen LogP contribution in [-0.4, -0.2) is 41.1 Å². The highest BCUT2D eigenvalue weighted by molar-refractivity contribution is 5.85. The number of carbonyl (C=O) groups excluding carboxylic acids is 1. The first-order valence-corrected chi connectivity index (χ1v) is 12.7. The number of benzene rings is 3. The molecule has 3 aromatic rings. The van der Waals surface area contributed by atoms with Crippen LogP contribution in [0.3, 0.4) is 0 Å². The summed E-state index contributed by atoms with van der Waals surface area (Å²) in [6, 6.07) is 6.68. The molecule has 3 N–H and O–H groups in total. The molecule has 15 heteroatoms. The van der Waals surface area contributed by atoms with Crippen molar-refractivity contribution in [3.63, 3.8) is 0 Å². The van der Waals surface area contributed by atoms with E-state index in [1.54, 1.807) is 5.32 Å². The van der Waals surface area contributed by atoms with Crippen LogP contribution in [-0.2, 0) is 22.9 Å². The maximum Gasteiger partial charge on any atom is 0.428 e. The van der Waals surface area contributed by atoms with Crippen molar-refractivity contribution in [1.29, 1.82) is 0 Å². The van der Waals surface area contributed by atoms with Gasteiger partial charge in [0.25, 0.3) is 5.60 Å². The van der Waals surface area contributed by atoms with E-state index in [1.165, 1.54) is 30.3 Å². The van der Waals surface area contributed by atoms with Crippen molar-refractivity contribution in [2.24, 2.45) is 0 Å². The van der Waals surface area contributed by atoms with Crippen molar-refractivity contribution in [3.8, 4) is 0 Å². The lowest BCUT2D eigenvalue weighted by atomic mass is 9.76. The molecule has 4 nitrogen and oxygen atoms in total. The van der Waals surface area contributed by atoms with Gasteiger partial charge in [-0.1, -0.05) is 56.3 Å². The Bertz CT molecular complexity index is 1420. The second-order valence-corrected chi connectivity index (χ2v) is 10.3. The third-order valence-electron chi connectivity index (χ3n) is 6.75. The number of halogens is 11. The molecule has 0 bridgehead atoms. The summed E-state index contributed by atoms with van der Waals surface area (Å²) in [5.74, 6) is -4.57. The summed E-state index contributed by atoms with van der Waals surface area (Å²) < 4.78 is 154. The summed E-state index contributed by atoms with van der Waals surface area (Å²) in [5, 5.41) is 13.9. The summed E-state index contributed by atoms with van der Waals surface area (Å²) in [6.45, 7) is 2.15. The van der Waals surface area contributed by atoms with Gasteiger partial charge in [0.1, 0.15) is 17.7 Å². The highest BCUT2D eigenvalue weighted by Gasteiger charge is 2.75. The molecule has 0 spiro atoms. The van der Waals surface area contributed by atoms with E-state index in [0.29, 0.717) is 12.1 Å². The number of hydrogen-bond donors (Lipinski definition) is 3. The van der Waals surface area contributed by atoms with Gasteiger partial charge in [-0.25, -0.2) is 8.78 Å². The smallest absolute Gasteiger partial charge is 0.372 e. The molecule has 3 rings (SSSR count). The molecule has 240 valence electrons. The predicted octanol–water partition coefficient (Wildman–Crippen LogP) is 6.81. The molecule has 0 aliphatic rings. The van der Waals surface area contributed by atoms with E-state index >= 15 is 0 Å². The van der Waals surface area contributed by atoms with Crippen LogP contribution >= 0.6 is 0 Å². The van der Waals surface area contributed by atoms with Crippen LogP contribution in [0.2, 0.25) is 0 Å². The van der Waals surface area contributed by atoms with Crippen molar-refractivity contribution < 1.29 is 58.2 Å². The van der Waals surface area contributed by atoms with Gasteiger partial charge in [0.2, 0.25) is 5.91 Å². The molecule has 1 amide bonds. The second kappa shape index (κ2) is 12.3. The molecule has 3 aromatic carbocycles. The molecule has 0 aliphatic carbocycles. The fourth-order valence-electron chi connectivity index (χ4n) is 4.69. The van der Waals surface area contributed by atoms with Gasteiger partial charge in [-0.3, -0.25) is 4.79 Å². The highest BCUT2D eigenvalue weighted by atomic mass is 19.4. The maximum atomic E-state index is 14.8. The van der Waals surface area contributed by atoms with Crippen molar-refractivity contribution in [1.82, 2.24) is 10.6 Å². The SMILES string of the molecule is CC(C)NC(C(=O)NC(Cc1ccccc1)(c1ccc(F)cc1)c1cc(F)cc(C(F)(F)F)c1)C(O)(C(F)(F)F)C(F)(F)F. The number of aliphatic hydroxyl groups is 1. The first-order valence-electron chi connectivity index (χ1n) is 12.7. The summed E-state index contributed by atoms with van der Waals surface area (Å²) in [6.07, 6.45) is -18.8. The normalized spacial score (nSPS) is 15.2. The summed E-state index contributed by atoms with van der Waals surface area (Å²) in [4.78, 5) is 13.7. The van der Waals surface area contributed by atoms with E-state index in [0.717, 1.165) is 38.1 Å². The quantitative estimate of drug-likeness (QED) is 0.225. The molecule has 0 saturated carbocycles. The van der Waals surface area contributed by atoms with E-state index in [-0.39, 0.29) is 17.2 Å². The molecule has 0 saturated heterocycles. The largest absolute Gasteiger partial charge is 0.428 e. The molecule has 2 unspecified atom stereocenters. The van der Waals surface area contributed by atoms with Gasteiger partial charge in [0, 0.05) is 12.5 Å². The highest BCUT2D eigenvalue weighted by Crippen LogP contribution is 2.46. The van der Waals surface area contributed by atoms with E-state index < -0.39 is 76.8 Å². The minimum absolute atomic E-state index is 0.0957. The van der Waals surface area contributed by atoms with Crippen LogP contribution < -0.4 is 10.6 Å². The second-order valence-electron chi connectivity index (χ2n) is 10.3. The fourth-order valence-corrected chi connectivity index (χ4v) is 4.69.